The third-order valence-corrected chi connectivity index (χ3v) is 4.21. The number of unbranched alkanes of at least 4 members (excludes halogenated alkanes) is 4. The number of ether oxygens (including phenoxy) is 2. The first-order valence-corrected chi connectivity index (χ1v) is 9.11. The molecule has 0 atom stereocenters. The van der Waals surface area contributed by atoms with Crippen molar-refractivity contribution >= 4 is 15.9 Å². The number of halogens is 1. The molecule has 0 unspecified atom stereocenters. The van der Waals surface area contributed by atoms with E-state index in [2.05, 4.69) is 28.2 Å². The molecule has 0 radical (unpaired) electrons. The van der Waals surface area contributed by atoms with E-state index in [1.165, 1.54) is 37.7 Å². The zero-order valence-corrected chi connectivity index (χ0v) is 16.0. The molecule has 1 N–H and O–H groups in total. The number of hydrogen-bond donors (Lipinski definition) is 1. The minimum absolute atomic E-state index is 0.132. The molecule has 1 aromatic rings. The number of methoxy groups -OCH3 is 1. The Bertz CT molecular complexity index is 435. The van der Waals surface area contributed by atoms with Gasteiger partial charge in [-0.2, -0.15) is 0 Å². The summed E-state index contributed by atoms with van der Waals surface area (Å²) in [6.45, 7) is 8.17. The molecule has 0 saturated carbocycles. The Hall–Kier alpha value is -0.740. The van der Waals surface area contributed by atoms with Crippen molar-refractivity contribution in [2.75, 3.05) is 13.7 Å². The average molecular weight is 372 g/mol. The van der Waals surface area contributed by atoms with Crippen LogP contribution in [-0.4, -0.2) is 19.8 Å². The lowest BCUT2D eigenvalue weighted by Gasteiger charge is -2.16. The van der Waals surface area contributed by atoms with Crippen molar-refractivity contribution in [3.63, 3.8) is 0 Å². The molecular formula is C18H30BrNO2. The first-order chi connectivity index (χ1) is 10.6. The quantitative estimate of drug-likeness (QED) is 0.535. The Morgan fingerprint density at radius 3 is 2.45 bits per heavy atom. The molecule has 0 bridgehead atoms. The molecule has 22 heavy (non-hydrogen) atoms. The van der Waals surface area contributed by atoms with Gasteiger partial charge >= 0.3 is 0 Å². The third kappa shape index (κ3) is 7.01. The Morgan fingerprint density at radius 1 is 1.09 bits per heavy atom. The maximum atomic E-state index is 5.78. The van der Waals surface area contributed by atoms with Crippen molar-refractivity contribution in [1.29, 1.82) is 0 Å². The second-order valence-corrected chi connectivity index (χ2v) is 6.71. The van der Waals surface area contributed by atoms with Gasteiger partial charge in [-0.15, -0.1) is 0 Å². The van der Waals surface area contributed by atoms with Gasteiger partial charge in [0.25, 0.3) is 0 Å². The van der Waals surface area contributed by atoms with Gasteiger partial charge < -0.3 is 14.8 Å². The molecule has 0 amide bonds. The van der Waals surface area contributed by atoms with Gasteiger partial charge in [-0.05, 0) is 44.5 Å². The van der Waals surface area contributed by atoms with Crippen LogP contribution < -0.4 is 14.8 Å². The van der Waals surface area contributed by atoms with E-state index < -0.39 is 0 Å². The first-order valence-electron chi connectivity index (χ1n) is 8.32. The van der Waals surface area contributed by atoms with Crippen molar-refractivity contribution in [1.82, 2.24) is 5.32 Å². The van der Waals surface area contributed by atoms with Gasteiger partial charge in [-0.25, -0.2) is 0 Å². The molecule has 0 heterocycles. The van der Waals surface area contributed by atoms with Crippen molar-refractivity contribution < 1.29 is 9.47 Å². The molecule has 1 rings (SSSR count). The van der Waals surface area contributed by atoms with Crippen molar-refractivity contribution in [2.45, 2.75) is 65.5 Å². The van der Waals surface area contributed by atoms with Crippen molar-refractivity contribution in [3.05, 3.63) is 22.2 Å². The molecular weight excluding hydrogens is 342 g/mol. The van der Waals surface area contributed by atoms with E-state index >= 15 is 0 Å². The van der Waals surface area contributed by atoms with E-state index in [9.17, 15) is 0 Å². The fourth-order valence-corrected chi connectivity index (χ4v) is 2.76. The Balaban J connectivity index is 2.49. The molecule has 0 aromatic heterocycles. The standard InChI is InChI=1S/C18H30BrNO2/c1-5-6-7-8-9-10-20-13-15-11-17(21-4)18(12-16(15)19)22-14(2)3/h11-12,14,20H,5-10,13H2,1-4H3. The van der Waals surface area contributed by atoms with Crippen LogP contribution in [0.2, 0.25) is 0 Å². The van der Waals surface area contributed by atoms with Crippen LogP contribution in [0.1, 0.15) is 58.4 Å². The highest BCUT2D eigenvalue weighted by Gasteiger charge is 2.11. The summed E-state index contributed by atoms with van der Waals surface area (Å²) in [7, 11) is 1.68. The Morgan fingerprint density at radius 2 is 1.82 bits per heavy atom. The summed E-state index contributed by atoms with van der Waals surface area (Å²) in [5, 5.41) is 3.50. The average Bonchev–Trinajstić information content (AvgIpc) is 2.47. The summed E-state index contributed by atoms with van der Waals surface area (Å²) in [5.74, 6) is 1.57. The van der Waals surface area contributed by atoms with Crippen LogP contribution in [-0.2, 0) is 6.54 Å². The van der Waals surface area contributed by atoms with Crippen LogP contribution in [0.4, 0.5) is 0 Å². The van der Waals surface area contributed by atoms with Crippen LogP contribution in [0.5, 0.6) is 11.5 Å². The maximum Gasteiger partial charge on any atom is 0.162 e. The van der Waals surface area contributed by atoms with Gasteiger partial charge in [0.2, 0.25) is 0 Å². The van der Waals surface area contributed by atoms with Crippen LogP contribution in [0.25, 0.3) is 0 Å². The van der Waals surface area contributed by atoms with Gasteiger partial charge in [0.05, 0.1) is 13.2 Å². The summed E-state index contributed by atoms with van der Waals surface area (Å²) in [6.07, 6.45) is 6.67. The van der Waals surface area contributed by atoms with E-state index in [4.69, 9.17) is 9.47 Å². The summed E-state index contributed by atoms with van der Waals surface area (Å²) in [6, 6.07) is 4.04. The van der Waals surface area contributed by atoms with E-state index in [0.717, 1.165) is 29.1 Å². The van der Waals surface area contributed by atoms with Crippen LogP contribution in [0.3, 0.4) is 0 Å². The first kappa shape index (κ1) is 19.3. The molecule has 3 nitrogen and oxygen atoms in total. The normalized spacial score (nSPS) is 11.0. The molecule has 0 fully saturated rings. The van der Waals surface area contributed by atoms with E-state index in [1.807, 2.05) is 26.0 Å². The SMILES string of the molecule is CCCCCCCNCc1cc(OC)c(OC(C)C)cc1Br. The van der Waals surface area contributed by atoms with Crippen LogP contribution in [0, 0.1) is 0 Å². The lowest BCUT2D eigenvalue weighted by molar-refractivity contribution is 0.230. The Labute approximate surface area is 143 Å². The van der Waals surface area contributed by atoms with E-state index in [-0.39, 0.29) is 6.10 Å². The van der Waals surface area contributed by atoms with Gasteiger partial charge in [-0.1, -0.05) is 48.5 Å². The number of hydrogen-bond acceptors (Lipinski definition) is 3. The highest BCUT2D eigenvalue weighted by molar-refractivity contribution is 9.10. The predicted molar refractivity (Wildman–Crippen MR) is 96.9 cm³/mol. The second-order valence-electron chi connectivity index (χ2n) is 5.85. The smallest absolute Gasteiger partial charge is 0.162 e. The summed E-state index contributed by atoms with van der Waals surface area (Å²) >= 11 is 3.63. The van der Waals surface area contributed by atoms with Crippen molar-refractivity contribution in [2.24, 2.45) is 0 Å². The lowest BCUT2D eigenvalue weighted by Crippen LogP contribution is -2.15. The van der Waals surface area contributed by atoms with Crippen molar-refractivity contribution in [3.8, 4) is 11.5 Å². The molecule has 0 saturated heterocycles. The van der Waals surface area contributed by atoms with Crippen LogP contribution >= 0.6 is 15.9 Å². The molecule has 126 valence electrons. The topological polar surface area (TPSA) is 30.5 Å². The van der Waals surface area contributed by atoms with Gasteiger partial charge in [0.1, 0.15) is 0 Å². The largest absolute Gasteiger partial charge is 0.493 e. The molecule has 4 heteroatoms. The Kier molecular flexibility index (Phi) is 9.56. The molecule has 0 aliphatic carbocycles. The summed E-state index contributed by atoms with van der Waals surface area (Å²) < 4.78 is 12.3. The second kappa shape index (κ2) is 10.9. The minimum Gasteiger partial charge on any atom is -0.493 e. The van der Waals surface area contributed by atoms with Gasteiger partial charge in [0.15, 0.2) is 11.5 Å². The highest BCUT2D eigenvalue weighted by atomic mass is 79.9. The van der Waals surface area contributed by atoms with Gasteiger partial charge in [-0.3, -0.25) is 0 Å². The monoisotopic (exact) mass is 371 g/mol. The maximum absolute atomic E-state index is 5.78. The number of nitrogens with one attached hydrogen (secondary N) is 1. The third-order valence-electron chi connectivity index (χ3n) is 3.47. The molecule has 0 aliphatic rings. The number of benzene rings is 1. The van der Waals surface area contributed by atoms with Crippen LogP contribution in [0.15, 0.2) is 16.6 Å². The zero-order valence-electron chi connectivity index (χ0n) is 14.4. The zero-order chi connectivity index (χ0) is 16.4. The summed E-state index contributed by atoms with van der Waals surface area (Å²) in [4.78, 5) is 0. The molecule has 1 aromatic carbocycles. The number of rotatable bonds is 11. The summed E-state index contributed by atoms with van der Waals surface area (Å²) in [5.41, 5.74) is 1.20. The fourth-order valence-electron chi connectivity index (χ4n) is 2.29. The fraction of sp³-hybridized carbons (Fsp3) is 0.667. The molecule has 0 aliphatic heterocycles. The molecule has 0 spiro atoms. The predicted octanol–water partition coefficient (Wildman–Crippen LogP) is 5.30. The highest BCUT2D eigenvalue weighted by Crippen LogP contribution is 2.34. The van der Waals surface area contributed by atoms with E-state index in [0.29, 0.717) is 0 Å². The lowest BCUT2D eigenvalue weighted by atomic mass is 10.1. The van der Waals surface area contributed by atoms with Gasteiger partial charge in [0, 0.05) is 11.0 Å². The minimum atomic E-state index is 0.132. The van der Waals surface area contributed by atoms with E-state index in [1.54, 1.807) is 7.11 Å².